The minimum Gasteiger partial charge on any atom is -0.264 e. The van der Waals surface area contributed by atoms with Gasteiger partial charge in [-0.2, -0.15) is 0 Å². The molecule has 0 amide bonds. The van der Waals surface area contributed by atoms with Gasteiger partial charge >= 0.3 is 0 Å². The first-order valence-corrected chi connectivity index (χ1v) is 6.18. The molecule has 4 heteroatoms. The largest absolute Gasteiger partial charge is 0.264 e. The maximum Gasteiger partial charge on any atom is 0.125 e. The number of thiazole rings is 1. The van der Waals surface area contributed by atoms with Crippen LogP contribution >= 0.6 is 11.3 Å². The molecule has 2 aromatic heterocycles. The summed E-state index contributed by atoms with van der Waals surface area (Å²) in [5, 5.41) is 1.02. The molecule has 2 radical (unpaired) electrons. The van der Waals surface area contributed by atoms with Gasteiger partial charge in [0.2, 0.25) is 0 Å². The third kappa shape index (κ3) is 2.87. The van der Waals surface area contributed by atoms with Crippen molar-refractivity contribution in [3.05, 3.63) is 35.6 Å². The van der Waals surface area contributed by atoms with Gasteiger partial charge in [0.1, 0.15) is 5.01 Å². The number of unbranched alkanes of at least 4 members (excludes halogenated alkanes) is 1. The van der Waals surface area contributed by atoms with Crippen LogP contribution in [0.25, 0.3) is 10.6 Å². The number of rotatable bonds is 5. The van der Waals surface area contributed by atoms with Crippen LogP contribution in [0.1, 0.15) is 17.7 Å². The van der Waals surface area contributed by atoms with Gasteiger partial charge in [0.05, 0.1) is 0 Å². The van der Waals surface area contributed by atoms with E-state index < -0.39 is 0 Å². The molecule has 0 saturated heterocycles. The van der Waals surface area contributed by atoms with E-state index in [-0.39, 0.29) is 6.54 Å². The van der Waals surface area contributed by atoms with E-state index in [4.69, 9.17) is 5.73 Å². The zero-order valence-electron chi connectivity index (χ0n) is 8.97. The molecule has 0 aliphatic rings. The number of nitrogens with zero attached hydrogens (tertiary/aromatic N) is 3. The van der Waals surface area contributed by atoms with Crippen LogP contribution in [0.5, 0.6) is 0 Å². The number of hydrogen-bond donors (Lipinski definition) is 0. The van der Waals surface area contributed by atoms with Crippen molar-refractivity contribution in [3.8, 4) is 10.6 Å². The molecule has 0 aliphatic heterocycles. The standard InChI is InChI=1S/C12H13N3S/c13-6-2-1-5-11-9-15-12(16-11)10-4-3-7-14-8-10/h3-4,7-9H,1-2,5-6H2. The first-order chi connectivity index (χ1) is 7.90. The van der Waals surface area contributed by atoms with Crippen molar-refractivity contribution in [2.75, 3.05) is 6.54 Å². The fourth-order valence-corrected chi connectivity index (χ4v) is 2.40. The molecule has 0 atom stereocenters. The normalized spacial score (nSPS) is 10.6. The van der Waals surface area contributed by atoms with E-state index in [1.807, 2.05) is 24.5 Å². The van der Waals surface area contributed by atoms with Crippen molar-refractivity contribution in [3.63, 3.8) is 0 Å². The molecule has 0 aliphatic carbocycles. The fraction of sp³-hybridized carbons (Fsp3) is 0.333. The number of aromatic nitrogens is 2. The zero-order valence-corrected chi connectivity index (χ0v) is 9.78. The van der Waals surface area contributed by atoms with Gasteiger partial charge in [-0.15, -0.1) is 17.1 Å². The molecule has 0 N–H and O–H groups in total. The second kappa shape index (κ2) is 5.72. The van der Waals surface area contributed by atoms with E-state index >= 15 is 0 Å². The monoisotopic (exact) mass is 231 g/mol. The summed E-state index contributed by atoms with van der Waals surface area (Å²) in [5.74, 6) is 0. The Balaban J connectivity index is 2.02. The second-order valence-corrected chi connectivity index (χ2v) is 4.67. The van der Waals surface area contributed by atoms with Crippen LogP contribution in [0.4, 0.5) is 0 Å². The Hall–Kier alpha value is -1.26. The van der Waals surface area contributed by atoms with Crippen LogP contribution in [-0.2, 0) is 6.42 Å². The zero-order chi connectivity index (χ0) is 11.2. The lowest BCUT2D eigenvalue weighted by Gasteiger charge is -1.94. The van der Waals surface area contributed by atoms with Crippen molar-refractivity contribution in [2.45, 2.75) is 19.3 Å². The predicted molar refractivity (Wildman–Crippen MR) is 65.3 cm³/mol. The smallest absolute Gasteiger partial charge is 0.125 e. The van der Waals surface area contributed by atoms with Crippen molar-refractivity contribution in [1.82, 2.24) is 15.7 Å². The van der Waals surface area contributed by atoms with Crippen molar-refractivity contribution in [2.24, 2.45) is 0 Å². The molecule has 3 nitrogen and oxygen atoms in total. The molecule has 0 bridgehead atoms. The van der Waals surface area contributed by atoms with E-state index in [9.17, 15) is 0 Å². The Kier molecular flexibility index (Phi) is 4.02. The van der Waals surface area contributed by atoms with E-state index in [0.29, 0.717) is 0 Å². The highest BCUT2D eigenvalue weighted by Crippen LogP contribution is 2.25. The summed E-state index contributed by atoms with van der Waals surface area (Å²) in [7, 11) is 0. The first-order valence-electron chi connectivity index (χ1n) is 5.36. The van der Waals surface area contributed by atoms with Crippen molar-refractivity contribution >= 4 is 11.3 Å². The third-order valence-electron chi connectivity index (χ3n) is 2.29. The molecular weight excluding hydrogens is 218 g/mol. The maximum atomic E-state index is 8.71. The van der Waals surface area contributed by atoms with E-state index in [0.717, 1.165) is 29.8 Å². The van der Waals surface area contributed by atoms with Gasteiger partial charge in [0, 0.05) is 35.6 Å². The molecule has 0 spiro atoms. The summed E-state index contributed by atoms with van der Waals surface area (Å²) in [4.78, 5) is 9.73. The lowest BCUT2D eigenvalue weighted by atomic mass is 10.2. The minimum atomic E-state index is 0.272. The van der Waals surface area contributed by atoms with Crippen LogP contribution < -0.4 is 5.73 Å². The Labute approximate surface area is 99.4 Å². The quantitative estimate of drug-likeness (QED) is 0.743. The van der Waals surface area contributed by atoms with Crippen LogP contribution in [-0.4, -0.2) is 16.5 Å². The van der Waals surface area contributed by atoms with Crippen LogP contribution in [0, 0.1) is 0 Å². The summed E-state index contributed by atoms with van der Waals surface area (Å²) in [6.45, 7) is 0.272. The van der Waals surface area contributed by atoms with Gasteiger partial charge in [-0.25, -0.2) is 4.98 Å². The second-order valence-electron chi connectivity index (χ2n) is 3.55. The average Bonchev–Trinajstić information content (AvgIpc) is 2.79. The van der Waals surface area contributed by atoms with Gasteiger partial charge in [-0.3, -0.25) is 4.98 Å². The molecule has 0 unspecified atom stereocenters. The molecule has 2 rings (SSSR count). The Bertz CT molecular complexity index is 425. The molecule has 82 valence electrons. The number of hydrogen-bond acceptors (Lipinski definition) is 3. The predicted octanol–water partition coefficient (Wildman–Crippen LogP) is 2.60. The van der Waals surface area contributed by atoms with Gasteiger partial charge in [0.25, 0.3) is 0 Å². The third-order valence-corrected chi connectivity index (χ3v) is 3.40. The molecule has 0 fully saturated rings. The van der Waals surface area contributed by atoms with Crippen molar-refractivity contribution in [1.29, 1.82) is 0 Å². The van der Waals surface area contributed by atoms with Gasteiger partial charge in [0.15, 0.2) is 0 Å². The highest BCUT2D eigenvalue weighted by molar-refractivity contribution is 7.15. The van der Waals surface area contributed by atoms with Crippen LogP contribution in [0.2, 0.25) is 0 Å². The summed E-state index contributed by atoms with van der Waals surface area (Å²) < 4.78 is 0. The highest BCUT2D eigenvalue weighted by Gasteiger charge is 2.04. The Morgan fingerprint density at radius 1 is 1.25 bits per heavy atom. The molecular formula is C12H13N3S. The number of aryl methyl sites for hydroxylation is 1. The van der Waals surface area contributed by atoms with Gasteiger partial charge in [-0.1, -0.05) is 0 Å². The number of pyridine rings is 1. The van der Waals surface area contributed by atoms with Gasteiger partial charge < -0.3 is 0 Å². The Morgan fingerprint density at radius 3 is 2.94 bits per heavy atom. The molecule has 0 aromatic carbocycles. The minimum absolute atomic E-state index is 0.272. The van der Waals surface area contributed by atoms with Gasteiger partial charge in [-0.05, 0) is 31.4 Å². The topological polar surface area (TPSA) is 48.1 Å². The summed E-state index contributed by atoms with van der Waals surface area (Å²) >= 11 is 1.70. The Morgan fingerprint density at radius 2 is 2.19 bits per heavy atom. The van der Waals surface area contributed by atoms with E-state index in [1.165, 1.54) is 4.88 Å². The van der Waals surface area contributed by atoms with Crippen molar-refractivity contribution < 1.29 is 0 Å². The fourth-order valence-electron chi connectivity index (χ4n) is 1.46. The van der Waals surface area contributed by atoms with Crippen LogP contribution in [0.15, 0.2) is 30.7 Å². The first kappa shape index (κ1) is 11.2. The maximum absolute atomic E-state index is 8.71. The summed E-state index contributed by atoms with van der Waals surface area (Å²) in [6.07, 6.45) is 8.39. The van der Waals surface area contributed by atoms with E-state index in [1.54, 1.807) is 17.5 Å². The summed E-state index contributed by atoms with van der Waals surface area (Å²) in [5.41, 5.74) is 9.78. The lowest BCUT2D eigenvalue weighted by molar-refractivity contribution is 0.740. The molecule has 0 saturated carbocycles. The van der Waals surface area contributed by atoms with E-state index in [2.05, 4.69) is 9.97 Å². The average molecular weight is 231 g/mol. The lowest BCUT2D eigenvalue weighted by Crippen LogP contribution is -1.86. The highest BCUT2D eigenvalue weighted by atomic mass is 32.1. The SMILES string of the molecule is [N]CCCCc1cnc(-c2cccnc2)s1. The molecule has 16 heavy (non-hydrogen) atoms. The molecule has 2 heterocycles. The summed E-state index contributed by atoms with van der Waals surface area (Å²) in [6, 6.07) is 3.94. The molecule has 2 aromatic rings. The van der Waals surface area contributed by atoms with Crippen LogP contribution in [0.3, 0.4) is 0 Å².